The van der Waals surface area contributed by atoms with E-state index >= 15 is 0 Å². The zero-order chi connectivity index (χ0) is 13.3. The number of ether oxygens (including phenoxy) is 1. The lowest BCUT2D eigenvalue weighted by atomic mass is 9.75. The van der Waals surface area contributed by atoms with Crippen molar-refractivity contribution in [1.29, 1.82) is 0 Å². The van der Waals surface area contributed by atoms with E-state index in [2.05, 4.69) is 31.2 Å². The van der Waals surface area contributed by atoms with E-state index in [0.29, 0.717) is 11.3 Å². The van der Waals surface area contributed by atoms with Crippen LogP contribution in [0, 0.1) is 11.3 Å². The van der Waals surface area contributed by atoms with Gasteiger partial charge >= 0.3 is 0 Å². The second-order valence-corrected chi connectivity index (χ2v) is 6.47. The summed E-state index contributed by atoms with van der Waals surface area (Å²) in [7, 11) is 0. The first-order valence-electron chi connectivity index (χ1n) is 7.68. The van der Waals surface area contributed by atoms with Crippen LogP contribution in [-0.2, 0) is 0 Å². The fourth-order valence-electron chi connectivity index (χ4n) is 4.05. The zero-order valence-corrected chi connectivity index (χ0v) is 11.9. The van der Waals surface area contributed by atoms with Crippen molar-refractivity contribution < 1.29 is 4.74 Å². The molecule has 1 aromatic carbocycles. The summed E-state index contributed by atoms with van der Waals surface area (Å²) < 4.78 is 5.82. The van der Waals surface area contributed by atoms with Crippen LogP contribution in [0.1, 0.15) is 50.5 Å². The van der Waals surface area contributed by atoms with Gasteiger partial charge in [-0.15, -0.1) is 0 Å². The lowest BCUT2D eigenvalue weighted by Gasteiger charge is -2.30. The maximum absolute atomic E-state index is 6.14. The van der Waals surface area contributed by atoms with Crippen LogP contribution in [0.4, 0.5) is 0 Å². The molecule has 2 heteroatoms. The molecule has 1 fully saturated rings. The van der Waals surface area contributed by atoms with Crippen LogP contribution in [0.15, 0.2) is 24.3 Å². The molecule has 0 radical (unpaired) electrons. The molecule has 3 atom stereocenters. The lowest BCUT2D eigenvalue weighted by Crippen LogP contribution is -2.30. The molecular formula is C17H25NO. The van der Waals surface area contributed by atoms with Crippen molar-refractivity contribution in [3.63, 3.8) is 0 Å². The van der Waals surface area contributed by atoms with Gasteiger partial charge < -0.3 is 10.5 Å². The number of rotatable bonds is 4. The van der Waals surface area contributed by atoms with Crippen molar-refractivity contribution in [1.82, 2.24) is 0 Å². The monoisotopic (exact) mass is 259 g/mol. The minimum atomic E-state index is 0.367. The van der Waals surface area contributed by atoms with Crippen LogP contribution in [0.2, 0.25) is 0 Å². The Hall–Kier alpha value is -1.02. The molecule has 0 aromatic heterocycles. The molecule has 2 aliphatic rings. The number of nitrogens with two attached hydrogens (primary N) is 1. The van der Waals surface area contributed by atoms with E-state index in [1.807, 2.05) is 0 Å². The van der Waals surface area contributed by atoms with E-state index in [0.717, 1.165) is 24.8 Å². The van der Waals surface area contributed by atoms with E-state index in [1.165, 1.54) is 37.7 Å². The van der Waals surface area contributed by atoms with Crippen LogP contribution in [0.3, 0.4) is 0 Å². The van der Waals surface area contributed by atoms with E-state index in [1.54, 1.807) is 0 Å². The molecule has 0 bridgehead atoms. The van der Waals surface area contributed by atoms with Crippen molar-refractivity contribution >= 4 is 0 Å². The summed E-state index contributed by atoms with van der Waals surface area (Å²) in [4.78, 5) is 0. The predicted molar refractivity (Wildman–Crippen MR) is 78.4 cm³/mol. The summed E-state index contributed by atoms with van der Waals surface area (Å²) >= 11 is 0. The molecular weight excluding hydrogens is 234 g/mol. The molecule has 2 N–H and O–H groups in total. The first-order chi connectivity index (χ1) is 9.26. The summed E-state index contributed by atoms with van der Waals surface area (Å²) in [6.07, 6.45) is 6.50. The Morgan fingerprint density at radius 3 is 2.95 bits per heavy atom. The van der Waals surface area contributed by atoms with Crippen molar-refractivity contribution in [3.05, 3.63) is 29.8 Å². The third-order valence-corrected chi connectivity index (χ3v) is 5.29. The summed E-state index contributed by atoms with van der Waals surface area (Å²) in [6, 6.07) is 8.50. The maximum atomic E-state index is 6.14. The lowest BCUT2D eigenvalue weighted by molar-refractivity contribution is 0.223. The van der Waals surface area contributed by atoms with Crippen LogP contribution in [-0.4, -0.2) is 13.2 Å². The van der Waals surface area contributed by atoms with E-state index in [4.69, 9.17) is 10.5 Å². The number of fused-ring (bicyclic) bond motifs is 1. The highest BCUT2D eigenvalue weighted by molar-refractivity contribution is 5.39. The Morgan fingerprint density at radius 1 is 1.37 bits per heavy atom. The summed E-state index contributed by atoms with van der Waals surface area (Å²) in [5, 5.41) is 0. The zero-order valence-electron chi connectivity index (χ0n) is 11.9. The Bertz CT molecular complexity index is 445. The third-order valence-electron chi connectivity index (χ3n) is 5.29. The molecule has 2 nitrogen and oxygen atoms in total. The largest absolute Gasteiger partial charge is 0.493 e. The van der Waals surface area contributed by atoms with Gasteiger partial charge in [-0.2, -0.15) is 0 Å². The van der Waals surface area contributed by atoms with Gasteiger partial charge in [0.25, 0.3) is 0 Å². The van der Waals surface area contributed by atoms with E-state index < -0.39 is 0 Å². The molecule has 1 aliphatic heterocycles. The molecule has 3 rings (SSSR count). The van der Waals surface area contributed by atoms with Gasteiger partial charge in [-0.25, -0.2) is 0 Å². The standard InChI is InChI=1S/C17H25NO/c1-2-13-7-8-17(9-13,12-18)10-14-11-19-16-6-4-3-5-15(14)16/h3-6,13-14H,2,7-12,18H2,1H3. The van der Waals surface area contributed by atoms with Gasteiger partial charge in [0.2, 0.25) is 0 Å². The minimum Gasteiger partial charge on any atom is -0.493 e. The van der Waals surface area contributed by atoms with Gasteiger partial charge in [-0.3, -0.25) is 0 Å². The fraction of sp³-hybridized carbons (Fsp3) is 0.647. The highest BCUT2D eigenvalue weighted by Crippen LogP contribution is 2.50. The number of para-hydroxylation sites is 1. The molecule has 0 saturated heterocycles. The number of hydrogen-bond donors (Lipinski definition) is 1. The summed E-state index contributed by atoms with van der Waals surface area (Å²) in [5.41, 5.74) is 7.91. The highest BCUT2D eigenvalue weighted by Gasteiger charge is 2.40. The van der Waals surface area contributed by atoms with Gasteiger partial charge in [0.05, 0.1) is 6.61 Å². The van der Waals surface area contributed by atoms with Crippen LogP contribution >= 0.6 is 0 Å². The van der Waals surface area contributed by atoms with Crippen molar-refractivity contribution in [2.75, 3.05) is 13.2 Å². The van der Waals surface area contributed by atoms with Crippen LogP contribution in [0.25, 0.3) is 0 Å². The number of benzene rings is 1. The quantitative estimate of drug-likeness (QED) is 0.894. The van der Waals surface area contributed by atoms with Crippen molar-refractivity contribution in [2.45, 2.75) is 44.9 Å². The van der Waals surface area contributed by atoms with Gasteiger partial charge in [-0.05, 0) is 49.6 Å². The molecule has 0 spiro atoms. The molecule has 19 heavy (non-hydrogen) atoms. The highest BCUT2D eigenvalue weighted by atomic mass is 16.5. The summed E-state index contributed by atoms with van der Waals surface area (Å²) in [5.74, 6) is 2.53. The molecule has 1 heterocycles. The second-order valence-electron chi connectivity index (χ2n) is 6.47. The Balaban J connectivity index is 1.75. The topological polar surface area (TPSA) is 35.2 Å². The molecule has 3 unspecified atom stereocenters. The van der Waals surface area contributed by atoms with Gasteiger partial charge in [-0.1, -0.05) is 31.5 Å². The minimum absolute atomic E-state index is 0.367. The second kappa shape index (κ2) is 5.16. The third kappa shape index (κ3) is 2.38. The molecule has 104 valence electrons. The fourth-order valence-corrected chi connectivity index (χ4v) is 4.05. The maximum Gasteiger partial charge on any atom is 0.122 e. The van der Waals surface area contributed by atoms with Crippen molar-refractivity contribution in [2.24, 2.45) is 17.1 Å². The first-order valence-corrected chi connectivity index (χ1v) is 7.68. The van der Waals surface area contributed by atoms with Crippen LogP contribution < -0.4 is 10.5 Å². The van der Waals surface area contributed by atoms with E-state index in [-0.39, 0.29) is 0 Å². The Morgan fingerprint density at radius 2 is 2.21 bits per heavy atom. The van der Waals surface area contributed by atoms with E-state index in [9.17, 15) is 0 Å². The molecule has 1 aromatic rings. The van der Waals surface area contributed by atoms with Gasteiger partial charge in [0, 0.05) is 11.5 Å². The van der Waals surface area contributed by atoms with Crippen molar-refractivity contribution in [3.8, 4) is 5.75 Å². The normalized spacial score (nSPS) is 33.2. The smallest absolute Gasteiger partial charge is 0.122 e. The predicted octanol–water partition coefficient (Wildman–Crippen LogP) is 3.71. The molecule has 1 aliphatic carbocycles. The average Bonchev–Trinajstić information content (AvgIpc) is 3.05. The Labute approximate surface area is 116 Å². The molecule has 0 amide bonds. The van der Waals surface area contributed by atoms with Gasteiger partial charge in [0.1, 0.15) is 5.75 Å². The SMILES string of the molecule is CCC1CCC(CN)(CC2COc3ccccc32)C1. The molecule has 1 saturated carbocycles. The Kier molecular flexibility index (Phi) is 3.53. The number of hydrogen-bond acceptors (Lipinski definition) is 2. The average molecular weight is 259 g/mol. The summed E-state index contributed by atoms with van der Waals surface area (Å²) in [6.45, 7) is 3.99. The van der Waals surface area contributed by atoms with Gasteiger partial charge in [0.15, 0.2) is 0 Å². The van der Waals surface area contributed by atoms with Crippen LogP contribution in [0.5, 0.6) is 5.75 Å². The first kappa shape index (κ1) is 13.0.